The predicted octanol–water partition coefficient (Wildman–Crippen LogP) is 1.09. The Kier molecular flexibility index (Phi) is 7.51. The van der Waals surface area contributed by atoms with Crippen LogP contribution in [0.25, 0.3) is 0 Å². The fraction of sp³-hybridized carbons (Fsp3) is 0.393. The molecular weight excluding hydrogens is 482 g/mol. The van der Waals surface area contributed by atoms with Gasteiger partial charge in [0.15, 0.2) is 0 Å². The van der Waals surface area contributed by atoms with Crippen molar-refractivity contribution < 1.29 is 14.4 Å². The van der Waals surface area contributed by atoms with Crippen molar-refractivity contribution in [3.8, 4) is 6.07 Å². The second kappa shape index (κ2) is 10.6. The maximum atomic E-state index is 12.8. The van der Waals surface area contributed by atoms with Crippen LogP contribution in [0.15, 0.2) is 36.4 Å². The van der Waals surface area contributed by atoms with E-state index < -0.39 is 23.3 Å². The Labute approximate surface area is 221 Å². The molecule has 0 saturated carbocycles. The van der Waals surface area contributed by atoms with Crippen LogP contribution in [0.3, 0.4) is 0 Å². The number of aryl methyl sites for hydroxylation is 2. The van der Waals surface area contributed by atoms with Gasteiger partial charge in [-0.1, -0.05) is 12.1 Å². The summed E-state index contributed by atoms with van der Waals surface area (Å²) in [5.74, 6) is -1.34. The normalized spacial score (nSPS) is 18.4. The topological polar surface area (TPSA) is 192 Å². The molecule has 2 aromatic carbocycles. The SMILES string of the molecule is C[C@@H](CC1(C(=N)N)c2ccc(C(N)=O)cc2CCc2cc(C(N)=O)ccc21)NCC(=O)N1CCCC1C#N. The maximum Gasteiger partial charge on any atom is 0.248 e. The fourth-order valence-electron chi connectivity index (χ4n) is 5.87. The maximum absolute atomic E-state index is 12.8. The summed E-state index contributed by atoms with van der Waals surface area (Å²) in [5, 5.41) is 21.4. The molecule has 1 aliphatic heterocycles. The second-order valence-electron chi connectivity index (χ2n) is 10.2. The van der Waals surface area contributed by atoms with Crippen LogP contribution in [-0.4, -0.2) is 53.6 Å². The third-order valence-electron chi connectivity index (χ3n) is 7.76. The van der Waals surface area contributed by atoms with Gasteiger partial charge < -0.3 is 27.4 Å². The van der Waals surface area contributed by atoms with E-state index in [1.807, 2.05) is 6.92 Å². The summed E-state index contributed by atoms with van der Waals surface area (Å²) in [6.07, 6.45) is 2.92. The van der Waals surface area contributed by atoms with Gasteiger partial charge in [-0.3, -0.25) is 19.8 Å². The van der Waals surface area contributed by atoms with Gasteiger partial charge in [-0.25, -0.2) is 0 Å². The van der Waals surface area contributed by atoms with Crippen molar-refractivity contribution in [2.75, 3.05) is 13.1 Å². The van der Waals surface area contributed by atoms with E-state index in [0.717, 1.165) is 28.7 Å². The van der Waals surface area contributed by atoms with Crippen molar-refractivity contribution in [2.24, 2.45) is 17.2 Å². The summed E-state index contributed by atoms with van der Waals surface area (Å²) in [7, 11) is 0. The molecule has 4 rings (SSSR count). The highest BCUT2D eigenvalue weighted by molar-refractivity contribution is 5.97. The first-order valence-electron chi connectivity index (χ1n) is 12.7. The highest BCUT2D eigenvalue weighted by Crippen LogP contribution is 2.43. The number of hydrogen-bond acceptors (Lipinski definition) is 6. The van der Waals surface area contributed by atoms with Gasteiger partial charge in [0.2, 0.25) is 17.7 Å². The van der Waals surface area contributed by atoms with Crippen LogP contribution in [-0.2, 0) is 23.1 Å². The summed E-state index contributed by atoms with van der Waals surface area (Å²) in [6.45, 7) is 2.54. The third kappa shape index (κ3) is 4.85. The van der Waals surface area contributed by atoms with Gasteiger partial charge >= 0.3 is 0 Å². The molecule has 198 valence electrons. The van der Waals surface area contributed by atoms with E-state index >= 15 is 0 Å². The number of hydrogen-bond donors (Lipinski definition) is 5. The van der Waals surface area contributed by atoms with Crippen LogP contribution in [0.2, 0.25) is 0 Å². The molecule has 2 aliphatic rings. The van der Waals surface area contributed by atoms with Gasteiger partial charge in [-0.2, -0.15) is 5.26 Å². The molecule has 8 N–H and O–H groups in total. The number of nitrogens with zero attached hydrogens (tertiary/aromatic N) is 2. The highest BCUT2D eigenvalue weighted by Gasteiger charge is 2.44. The molecule has 0 bridgehead atoms. The zero-order valence-electron chi connectivity index (χ0n) is 21.4. The number of primary amides is 2. The molecule has 3 amide bonds. The minimum atomic E-state index is -1.09. The van der Waals surface area contributed by atoms with E-state index in [9.17, 15) is 19.6 Å². The number of amidine groups is 1. The molecule has 2 atom stereocenters. The zero-order chi connectivity index (χ0) is 27.6. The lowest BCUT2D eigenvalue weighted by Crippen LogP contribution is -2.49. The Balaban J connectivity index is 1.74. The van der Waals surface area contributed by atoms with Gasteiger partial charge in [-0.05, 0) is 85.5 Å². The molecule has 1 saturated heterocycles. The highest BCUT2D eigenvalue weighted by atomic mass is 16.2. The lowest BCUT2D eigenvalue weighted by atomic mass is 9.67. The number of carbonyl (C=O) groups is 3. The van der Waals surface area contributed by atoms with Crippen molar-refractivity contribution >= 4 is 23.6 Å². The molecule has 2 aromatic rings. The largest absolute Gasteiger partial charge is 0.387 e. The monoisotopic (exact) mass is 515 g/mol. The Morgan fingerprint density at radius 3 is 2.11 bits per heavy atom. The molecule has 0 radical (unpaired) electrons. The first-order chi connectivity index (χ1) is 18.1. The van der Waals surface area contributed by atoms with Crippen molar-refractivity contribution in [2.45, 2.75) is 56.5 Å². The molecule has 10 nitrogen and oxygen atoms in total. The number of amides is 3. The first-order valence-corrected chi connectivity index (χ1v) is 12.7. The molecule has 38 heavy (non-hydrogen) atoms. The summed E-state index contributed by atoms with van der Waals surface area (Å²) < 4.78 is 0. The Morgan fingerprint density at radius 1 is 1.08 bits per heavy atom. The lowest BCUT2D eigenvalue weighted by Gasteiger charge is -2.38. The number of carbonyl (C=O) groups excluding carboxylic acids is 3. The standard InChI is InChI=1S/C28H33N7O3/c1-16(34-15-24(36)35-10-2-3-21(35)14-29)13-28(27(32)33)22-8-6-19(25(30)37)11-17(22)4-5-18-12-20(26(31)38)7-9-23(18)28/h6-9,11-12,16,21,34H,2-5,10,13,15H2,1H3,(H2,30,37)(H2,31,38)(H3,32,33)/t16-,21?/m0/s1. The molecule has 1 fully saturated rings. The van der Waals surface area contributed by atoms with Gasteiger partial charge in [0.05, 0.1) is 18.0 Å². The molecule has 1 aliphatic carbocycles. The number of nitrogens with one attached hydrogen (secondary N) is 2. The number of nitrogens with two attached hydrogens (primary N) is 3. The Bertz CT molecular complexity index is 1280. The van der Waals surface area contributed by atoms with Gasteiger partial charge in [-0.15, -0.1) is 0 Å². The molecule has 0 spiro atoms. The van der Waals surface area contributed by atoms with Crippen LogP contribution >= 0.6 is 0 Å². The van der Waals surface area contributed by atoms with Gasteiger partial charge in [0.1, 0.15) is 11.9 Å². The van der Waals surface area contributed by atoms with E-state index in [2.05, 4.69) is 11.4 Å². The molecule has 10 heteroatoms. The van der Waals surface area contributed by atoms with E-state index in [0.29, 0.717) is 43.4 Å². The van der Waals surface area contributed by atoms with Crippen LogP contribution in [0.1, 0.15) is 69.2 Å². The first kappa shape index (κ1) is 26.8. The molecule has 0 aromatic heterocycles. The number of likely N-dealkylation sites (tertiary alicyclic amines) is 1. The Hall–Kier alpha value is -4.23. The number of benzene rings is 2. The van der Waals surface area contributed by atoms with E-state index in [4.69, 9.17) is 22.6 Å². The quantitative estimate of drug-likeness (QED) is 0.258. The van der Waals surface area contributed by atoms with Crippen molar-refractivity contribution in [1.82, 2.24) is 10.2 Å². The van der Waals surface area contributed by atoms with Crippen molar-refractivity contribution in [3.05, 3.63) is 69.8 Å². The molecule has 1 heterocycles. The lowest BCUT2D eigenvalue weighted by molar-refractivity contribution is -0.130. The number of rotatable bonds is 8. The molecule has 1 unspecified atom stereocenters. The van der Waals surface area contributed by atoms with Crippen LogP contribution < -0.4 is 22.5 Å². The van der Waals surface area contributed by atoms with E-state index in [1.165, 1.54) is 0 Å². The van der Waals surface area contributed by atoms with Gasteiger partial charge in [0.25, 0.3) is 0 Å². The fourth-order valence-corrected chi connectivity index (χ4v) is 5.87. The van der Waals surface area contributed by atoms with Crippen LogP contribution in [0, 0.1) is 16.7 Å². The van der Waals surface area contributed by atoms with E-state index in [1.54, 1.807) is 41.3 Å². The zero-order valence-corrected chi connectivity index (χ0v) is 21.4. The molecular formula is C28H33N7O3. The average Bonchev–Trinajstić information content (AvgIpc) is 3.33. The average molecular weight is 516 g/mol. The minimum Gasteiger partial charge on any atom is -0.387 e. The Morgan fingerprint density at radius 2 is 1.63 bits per heavy atom. The summed E-state index contributed by atoms with van der Waals surface area (Å²) in [5.41, 5.74) is 20.4. The van der Waals surface area contributed by atoms with Crippen LogP contribution in [0.5, 0.6) is 0 Å². The second-order valence-corrected chi connectivity index (χ2v) is 10.2. The summed E-state index contributed by atoms with van der Waals surface area (Å²) in [6, 6.07) is 11.9. The number of nitriles is 1. The van der Waals surface area contributed by atoms with Crippen molar-refractivity contribution in [1.29, 1.82) is 10.7 Å². The van der Waals surface area contributed by atoms with Crippen LogP contribution in [0.4, 0.5) is 0 Å². The minimum absolute atomic E-state index is 0.0499. The predicted molar refractivity (Wildman–Crippen MR) is 142 cm³/mol. The van der Waals surface area contributed by atoms with Crippen molar-refractivity contribution in [3.63, 3.8) is 0 Å². The van der Waals surface area contributed by atoms with E-state index in [-0.39, 0.29) is 24.3 Å². The number of fused-ring (bicyclic) bond motifs is 2. The van der Waals surface area contributed by atoms with Gasteiger partial charge in [0, 0.05) is 23.7 Å². The third-order valence-corrected chi connectivity index (χ3v) is 7.76. The smallest absolute Gasteiger partial charge is 0.248 e. The summed E-state index contributed by atoms with van der Waals surface area (Å²) >= 11 is 0. The summed E-state index contributed by atoms with van der Waals surface area (Å²) in [4.78, 5) is 38.3.